The third kappa shape index (κ3) is 5.01. The van der Waals surface area contributed by atoms with Gasteiger partial charge in [-0.25, -0.2) is 17.5 Å². The Morgan fingerprint density at radius 3 is 2.23 bits per heavy atom. The molecule has 1 fully saturated rings. The first-order valence-electron chi connectivity index (χ1n) is 9.61. The van der Waals surface area contributed by atoms with Gasteiger partial charge in [0.2, 0.25) is 10.0 Å². The van der Waals surface area contributed by atoms with Gasteiger partial charge in [-0.05, 0) is 55.2 Å². The molecule has 1 aliphatic rings. The quantitative estimate of drug-likeness (QED) is 0.688. The van der Waals surface area contributed by atoms with Crippen LogP contribution >= 0.6 is 0 Å². The number of carbonyl (C=O) groups is 1. The van der Waals surface area contributed by atoms with Crippen LogP contribution in [0.2, 0.25) is 0 Å². The number of amides is 2. The maximum Gasteiger partial charge on any atom is 0.416 e. The SMILES string of the molecule is Cc1ccc(NC(=O)NCC2(c3ccc(C(F)(F)F)cc3)CC2)cc1S(=O)(=O)N(C)C. The van der Waals surface area contributed by atoms with E-state index in [2.05, 4.69) is 10.6 Å². The molecular weight excluding hydrogens is 431 g/mol. The lowest BCUT2D eigenvalue weighted by atomic mass is 9.95. The lowest BCUT2D eigenvalue weighted by Crippen LogP contribution is -2.35. The number of aryl methyl sites for hydroxylation is 1. The van der Waals surface area contributed by atoms with Gasteiger partial charge in [-0.2, -0.15) is 13.2 Å². The lowest BCUT2D eigenvalue weighted by molar-refractivity contribution is -0.137. The summed E-state index contributed by atoms with van der Waals surface area (Å²) in [5, 5.41) is 5.36. The van der Waals surface area contributed by atoms with E-state index in [1.165, 1.54) is 32.3 Å². The summed E-state index contributed by atoms with van der Waals surface area (Å²) in [6, 6.07) is 9.09. The molecule has 2 aromatic carbocycles. The van der Waals surface area contributed by atoms with Gasteiger partial charge in [-0.3, -0.25) is 0 Å². The van der Waals surface area contributed by atoms with Crippen LogP contribution in [0.15, 0.2) is 47.4 Å². The highest BCUT2D eigenvalue weighted by Crippen LogP contribution is 2.48. The normalized spacial score (nSPS) is 15.6. The second-order valence-corrected chi connectivity index (χ2v) is 10.1. The van der Waals surface area contributed by atoms with Crippen LogP contribution in [0.3, 0.4) is 0 Å². The smallest absolute Gasteiger partial charge is 0.337 e. The van der Waals surface area contributed by atoms with Crippen molar-refractivity contribution in [1.29, 1.82) is 0 Å². The first kappa shape index (κ1) is 23.1. The average Bonchev–Trinajstić information content (AvgIpc) is 3.48. The lowest BCUT2D eigenvalue weighted by Gasteiger charge is -2.18. The van der Waals surface area contributed by atoms with Crippen LogP contribution in [-0.2, 0) is 21.6 Å². The molecule has 0 aliphatic heterocycles. The van der Waals surface area contributed by atoms with Crippen molar-refractivity contribution in [3.05, 3.63) is 59.2 Å². The highest BCUT2D eigenvalue weighted by Gasteiger charge is 2.44. The number of nitrogens with one attached hydrogen (secondary N) is 2. The maximum atomic E-state index is 12.8. The summed E-state index contributed by atoms with van der Waals surface area (Å²) < 4.78 is 64.2. The minimum absolute atomic E-state index is 0.0960. The molecular formula is C21H24F3N3O3S. The molecule has 1 aliphatic carbocycles. The van der Waals surface area contributed by atoms with Crippen LogP contribution in [0.4, 0.5) is 23.7 Å². The molecule has 2 aromatic rings. The van der Waals surface area contributed by atoms with E-state index in [1.54, 1.807) is 19.1 Å². The number of carbonyl (C=O) groups excluding carboxylic acids is 1. The van der Waals surface area contributed by atoms with E-state index < -0.39 is 27.8 Å². The number of hydrogen-bond donors (Lipinski definition) is 2. The van der Waals surface area contributed by atoms with Crippen LogP contribution in [0.1, 0.15) is 29.5 Å². The molecule has 3 rings (SSSR count). The van der Waals surface area contributed by atoms with Crippen LogP contribution in [0.5, 0.6) is 0 Å². The molecule has 168 valence electrons. The average molecular weight is 456 g/mol. The Bertz CT molecular complexity index is 1080. The third-order valence-corrected chi connectivity index (χ3v) is 7.43. The van der Waals surface area contributed by atoms with E-state index in [0.29, 0.717) is 11.3 Å². The summed E-state index contributed by atoms with van der Waals surface area (Å²) in [6.07, 6.45) is -2.87. The van der Waals surface area contributed by atoms with E-state index in [-0.39, 0.29) is 16.9 Å². The maximum absolute atomic E-state index is 12.8. The molecule has 0 saturated heterocycles. The highest BCUT2D eigenvalue weighted by atomic mass is 32.2. The van der Waals surface area contributed by atoms with Crippen molar-refractivity contribution in [3.8, 4) is 0 Å². The number of sulfonamides is 1. The summed E-state index contributed by atoms with van der Waals surface area (Å²) in [4.78, 5) is 12.4. The number of alkyl halides is 3. The van der Waals surface area contributed by atoms with E-state index in [9.17, 15) is 26.4 Å². The predicted molar refractivity (Wildman–Crippen MR) is 111 cm³/mol. The Morgan fingerprint density at radius 1 is 1.10 bits per heavy atom. The molecule has 0 atom stereocenters. The second-order valence-electron chi connectivity index (χ2n) is 7.93. The Morgan fingerprint density at radius 2 is 1.71 bits per heavy atom. The monoisotopic (exact) mass is 455 g/mol. The zero-order valence-electron chi connectivity index (χ0n) is 17.4. The summed E-state index contributed by atoms with van der Waals surface area (Å²) in [5.41, 5.74) is 0.534. The Hall–Kier alpha value is -2.59. The fourth-order valence-corrected chi connectivity index (χ4v) is 4.45. The molecule has 0 aromatic heterocycles. The predicted octanol–water partition coefficient (Wildman–Crippen LogP) is 4.12. The molecule has 0 heterocycles. The summed E-state index contributed by atoms with van der Waals surface area (Å²) >= 11 is 0. The van der Waals surface area contributed by atoms with E-state index >= 15 is 0 Å². The van der Waals surface area contributed by atoms with Crippen molar-refractivity contribution in [2.45, 2.75) is 36.3 Å². The molecule has 1 saturated carbocycles. The minimum atomic E-state index is -4.39. The zero-order valence-corrected chi connectivity index (χ0v) is 18.2. The molecule has 2 amide bonds. The molecule has 10 heteroatoms. The van der Waals surface area contributed by atoms with Gasteiger partial charge in [0, 0.05) is 31.7 Å². The summed E-state index contributed by atoms with van der Waals surface area (Å²) in [6.45, 7) is 1.93. The molecule has 0 spiro atoms. The van der Waals surface area contributed by atoms with E-state index in [4.69, 9.17) is 0 Å². The fourth-order valence-electron chi connectivity index (χ4n) is 3.31. The summed E-state index contributed by atoms with van der Waals surface area (Å²) in [5.74, 6) is 0. The van der Waals surface area contributed by atoms with Crippen molar-refractivity contribution in [3.63, 3.8) is 0 Å². The topological polar surface area (TPSA) is 78.5 Å². The largest absolute Gasteiger partial charge is 0.416 e. The van der Waals surface area contributed by atoms with Crippen LogP contribution in [-0.4, -0.2) is 39.4 Å². The van der Waals surface area contributed by atoms with Gasteiger partial charge in [0.05, 0.1) is 10.5 Å². The van der Waals surface area contributed by atoms with Gasteiger partial charge in [0.25, 0.3) is 0 Å². The van der Waals surface area contributed by atoms with Crippen LogP contribution in [0, 0.1) is 6.92 Å². The molecule has 0 bridgehead atoms. The Balaban J connectivity index is 1.66. The van der Waals surface area contributed by atoms with E-state index in [0.717, 1.165) is 34.8 Å². The summed E-state index contributed by atoms with van der Waals surface area (Å²) in [7, 11) is -0.803. The third-order valence-electron chi connectivity index (χ3n) is 5.47. The number of anilines is 1. The van der Waals surface area contributed by atoms with Crippen LogP contribution < -0.4 is 10.6 Å². The number of rotatable bonds is 6. The molecule has 0 radical (unpaired) electrons. The first-order chi connectivity index (χ1) is 14.3. The standard InChI is InChI=1S/C21H24F3N3O3S/c1-14-4-9-17(12-18(14)31(29,30)27(2)3)26-19(28)25-13-20(10-11-20)15-5-7-16(8-6-15)21(22,23)24/h4-9,12H,10-11,13H2,1-3H3,(H2,25,26,28). The van der Waals surface area contributed by atoms with Gasteiger partial charge in [-0.1, -0.05) is 18.2 Å². The number of benzene rings is 2. The molecule has 31 heavy (non-hydrogen) atoms. The Kier molecular flexibility index (Phi) is 6.07. The Labute approximate surface area is 179 Å². The van der Waals surface area contributed by atoms with Gasteiger partial charge in [-0.15, -0.1) is 0 Å². The van der Waals surface area contributed by atoms with Gasteiger partial charge < -0.3 is 10.6 Å². The van der Waals surface area contributed by atoms with Crippen molar-refractivity contribution in [2.24, 2.45) is 0 Å². The van der Waals surface area contributed by atoms with Crippen molar-refractivity contribution in [1.82, 2.24) is 9.62 Å². The number of halogens is 3. The zero-order chi connectivity index (χ0) is 23.0. The number of nitrogens with zero attached hydrogens (tertiary/aromatic N) is 1. The highest BCUT2D eigenvalue weighted by molar-refractivity contribution is 7.89. The molecule has 2 N–H and O–H groups in total. The van der Waals surface area contributed by atoms with Gasteiger partial charge >= 0.3 is 12.2 Å². The van der Waals surface area contributed by atoms with Crippen molar-refractivity contribution >= 4 is 21.7 Å². The molecule has 6 nitrogen and oxygen atoms in total. The minimum Gasteiger partial charge on any atom is -0.337 e. The van der Waals surface area contributed by atoms with E-state index in [1.807, 2.05) is 0 Å². The molecule has 0 unspecified atom stereocenters. The fraction of sp³-hybridized carbons (Fsp3) is 0.381. The van der Waals surface area contributed by atoms with Crippen LogP contribution in [0.25, 0.3) is 0 Å². The van der Waals surface area contributed by atoms with Crippen molar-refractivity contribution in [2.75, 3.05) is 26.0 Å². The second kappa shape index (κ2) is 8.16. The number of urea groups is 1. The van der Waals surface area contributed by atoms with Crippen molar-refractivity contribution < 1.29 is 26.4 Å². The first-order valence-corrected chi connectivity index (χ1v) is 11.0. The van der Waals surface area contributed by atoms with Gasteiger partial charge in [0.15, 0.2) is 0 Å². The van der Waals surface area contributed by atoms with Gasteiger partial charge in [0.1, 0.15) is 0 Å². The number of hydrogen-bond acceptors (Lipinski definition) is 3.